The van der Waals surface area contributed by atoms with Gasteiger partial charge in [0.1, 0.15) is 140 Å². The van der Waals surface area contributed by atoms with Crippen LogP contribution >= 0.6 is 30.6 Å². The van der Waals surface area contributed by atoms with Gasteiger partial charge in [-0.25, -0.2) is 64.4 Å². The Hall–Kier alpha value is -6.52. The van der Waals surface area contributed by atoms with Crippen molar-refractivity contribution in [3.8, 4) is 0 Å². The number of nitrogens with zero attached hydrogens (tertiary/aromatic N) is 16. The average molecular weight is 1380 g/mol. The second-order valence-corrected chi connectivity index (χ2v) is 27.5. The van der Waals surface area contributed by atoms with Crippen LogP contribution in [0.5, 0.6) is 0 Å². The molecule has 498 valence electrons. The monoisotopic (exact) mass is 1380 g/mol. The van der Waals surface area contributed by atoms with Gasteiger partial charge < -0.3 is 120 Å². The SMILES string of the molecule is Nc1ncnc2c1ncn2[C@@H]1O[C@H](COP(=O)(O)CO[C@@H]2[C@@H](O)[C@@H](COP(=O)(O)CO[C@@H]3[C@@H](O)[C@@H](COP(=O)(O)CO[C@@H]4[C@@H](O)[C@@H](COP(=O)(O)O)O[C@H]4n4cnc5c(N)ncnc54)O[C@H]3n3cnc4c(N)ncnc43)O[C@H]2n2cnc3c(N)ncnc32)[C@@H](O)[C@H]1O. The topological polar surface area (TPSA) is 651 Å². The maximum Gasteiger partial charge on any atom is 0.469 e. The van der Waals surface area contributed by atoms with Crippen LogP contribution in [0.4, 0.5) is 23.3 Å². The molecule has 12 rings (SSSR count). The van der Waals surface area contributed by atoms with E-state index in [0.29, 0.717) is 0 Å². The van der Waals surface area contributed by atoms with E-state index in [1.54, 1.807) is 0 Å². The summed E-state index contributed by atoms with van der Waals surface area (Å²) in [4.78, 5) is 101. The predicted molar refractivity (Wildman–Crippen MR) is 299 cm³/mol. The molecule has 0 amide bonds. The zero-order valence-electron chi connectivity index (χ0n) is 46.7. The Kier molecular flexibility index (Phi) is 18.3. The molecule has 0 saturated carbocycles. The van der Waals surface area contributed by atoms with Gasteiger partial charge in [0.05, 0.1) is 51.7 Å². The van der Waals surface area contributed by atoms with Crippen LogP contribution in [0.2, 0.25) is 0 Å². The number of hydrogen-bond acceptors (Lipinski definition) is 36. The molecule has 18 N–H and O–H groups in total. The number of rotatable bonds is 25. The summed E-state index contributed by atoms with van der Waals surface area (Å²) in [5, 5.41) is 56.6. The second kappa shape index (κ2) is 25.7. The van der Waals surface area contributed by atoms with Crippen molar-refractivity contribution in [1.82, 2.24) is 78.1 Å². The molecule has 0 aromatic carbocycles. The maximum absolute atomic E-state index is 13.9. The fourth-order valence-electron chi connectivity index (χ4n) is 10.5. The lowest BCUT2D eigenvalue weighted by Gasteiger charge is -2.24. The van der Waals surface area contributed by atoms with E-state index in [1.807, 2.05) is 0 Å². The number of phosphoric acid groups is 1. The molecule has 19 atom stereocenters. The van der Waals surface area contributed by atoms with Crippen molar-refractivity contribution >= 4 is 98.5 Å². The summed E-state index contributed by atoms with van der Waals surface area (Å²) >= 11 is 0. The minimum absolute atomic E-state index is 0.00586. The molecule has 0 aliphatic carbocycles. The number of nitrogens with two attached hydrogens (primary N) is 4. The van der Waals surface area contributed by atoms with Crippen molar-refractivity contribution in [2.45, 2.75) is 98.2 Å². The van der Waals surface area contributed by atoms with Crippen LogP contribution < -0.4 is 22.9 Å². The average Bonchev–Trinajstić information content (AvgIpc) is 1.64. The van der Waals surface area contributed by atoms with Crippen LogP contribution in [0.25, 0.3) is 44.7 Å². The van der Waals surface area contributed by atoms with Crippen LogP contribution in [0.3, 0.4) is 0 Å². The van der Waals surface area contributed by atoms with Crippen molar-refractivity contribution in [2.24, 2.45) is 0 Å². The highest BCUT2D eigenvalue weighted by atomic mass is 31.2. The summed E-state index contributed by atoms with van der Waals surface area (Å²) in [5.41, 5.74) is 24.5. The fourth-order valence-corrected chi connectivity index (χ4v) is 13.3. The molecule has 12 heterocycles. The van der Waals surface area contributed by atoms with Crippen molar-refractivity contribution < 1.29 is 120 Å². The molecule has 4 fully saturated rings. The summed E-state index contributed by atoms with van der Waals surface area (Å²) in [7, 11) is -20.0. The third-order valence-corrected chi connectivity index (χ3v) is 18.5. The molecule has 4 aliphatic rings. The molecular weight excluding hydrogens is 1320 g/mol. The first-order chi connectivity index (χ1) is 43.7. The van der Waals surface area contributed by atoms with Crippen LogP contribution in [-0.4, -0.2) is 247 Å². The smallest absolute Gasteiger partial charge is 0.387 e. The van der Waals surface area contributed by atoms with Crippen LogP contribution in [0.1, 0.15) is 24.9 Å². The Morgan fingerprint density at radius 3 is 0.924 bits per heavy atom. The molecule has 49 heteroatoms. The predicted octanol–water partition coefficient (Wildman–Crippen LogP) is -4.19. The van der Waals surface area contributed by atoms with Gasteiger partial charge in [-0.15, -0.1) is 0 Å². The van der Waals surface area contributed by atoms with Gasteiger partial charge in [-0.3, -0.25) is 36.5 Å². The van der Waals surface area contributed by atoms with E-state index in [1.165, 1.54) is 37.3 Å². The molecule has 4 saturated heterocycles. The van der Waals surface area contributed by atoms with Crippen molar-refractivity contribution in [3.63, 3.8) is 0 Å². The van der Waals surface area contributed by atoms with Crippen LogP contribution in [0.15, 0.2) is 50.6 Å². The summed E-state index contributed by atoms with van der Waals surface area (Å²) < 4.78 is 120. The molecule has 45 nitrogen and oxygen atoms in total. The largest absolute Gasteiger partial charge is 0.469 e. The Labute approximate surface area is 512 Å². The normalized spacial score (nSPS) is 30.7. The molecule has 8 aromatic heterocycles. The number of hydrogen-bond donors (Lipinski definition) is 14. The first-order valence-electron chi connectivity index (χ1n) is 26.8. The third kappa shape index (κ3) is 13.2. The lowest BCUT2D eigenvalue weighted by Crippen LogP contribution is -2.37. The quantitative estimate of drug-likeness (QED) is 0.0241. The minimum atomic E-state index is -5.10. The van der Waals surface area contributed by atoms with Gasteiger partial charge in [0.25, 0.3) is 0 Å². The molecule has 3 unspecified atom stereocenters. The number of phosphoric ester groups is 1. The molecule has 0 bridgehead atoms. The highest BCUT2D eigenvalue weighted by molar-refractivity contribution is 7.53. The van der Waals surface area contributed by atoms with E-state index in [4.69, 9.17) is 69.7 Å². The highest BCUT2D eigenvalue weighted by Gasteiger charge is 2.52. The molecule has 0 spiro atoms. The summed E-state index contributed by atoms with van der Waals surface area (Å²) in [6, 6.07) is 0. The van der Waals surface area contributed by atoms with Gasteiger partial charge in [-0.1, -0.05) is 0 Å². The lowest BCUT2D eigenvalue weighted by molar-refractivity contribution is -0.0697. The van der Waals surface area contributed by atoms with E-state index < -0.39 is 174 Å². The summed E-state index contributed by atoms with van der Waals surface area (Å²) in [6.07, 6.45) is -20.2. The molecular formula is C43H56N20O25P4. The first kappa shape index (κ1) is 65.5. The Morgan fingerprint density at radius 2 is 0.630 bits per heavy atom. The van der Waals surface area contributed by atoms with E-state index in [9.17, 15) is 68.3 Å². The highest BCUT2D eigenvalue weighted by Crippen LogP contribution is 2.50. The number of aromatic nitrogens is 16. The molecule has 8 aromatic rings. The van der Waals surface area contributed by atoms with E-state index in [-0.39, 0.29) is 67.9 Å². The number of fused-ring (bicyclic) bond motifs is 4. The molecule has 92 heavy (non-hydrogen) atoms. The first-order valence-corrected chi connectivity index (χ1v) is 33.7. The lowest BCUT2D eigenvalue weighted by atomic mass is 10.1. The minimum Gasteiger partial charge on any atom is -0.387 e. The van der Waals surface area contributed by atoms with Gasteiger partial charge in [-0.05, 0) is 0 Å². The van der Waals surface area contributed by atoms with Gasteiger partial charge >= 0.3 is 30.6 Å². The number of aliphatic hydroxyl groups excluding tert-OH is 5. The van der Waals surface area contributed by atoms with E-state index in [2.05, 4.69) is 64.3 Å². The number of nitrogen functional groups attached to an aromatic ring is 4. The number of anilines is 4. The Balaban J connectivity index is 0.706. The summed E-state index contributed by atoms with van der Waals surface area (Å²) in [5.74, 6) is -0.178. The van der Waals surface area contributed by atoms with Gasteiger partial charge in [0, 0.05) is 0 Å². The maximum atomic E-state index is 13.9. The Bertz CT molecular complexity index is 4210. The number of imidazole rings is 4. The number of aliphatic hydroxyl groups is 5. The summed E-state index contributed by atoms with van der Waals surface area (Å²) in [6.45, 7) is -3.51. The van der Waals surface area contributed by atoms with Crippen LogP contribution in [0, 0.1) is 0 Å². The fraction of sp³-hybridized carbons (Fsp3) is 0.535. The zero-order valence-corrected chi connectivity index (χ0v) is 50.2. The number of ether oxygens (including phenoxy) is 7. The second-order valence-electron chi connectivity index (χ2n) is 20.9. The van der Waals surface area contributed by atoms with E-state index in [0.717, 1.165) is 31.6 Å². The molecule has 4 aliphatic heterocycles. The van der Waals surface area contributed by atoms with Gasteiger partial charge in [-0.2, -0.15) is 0 Å². The van der Waals surface area contributed by atoms with Crippen molar-refractivity contribution in [3.05, 3.63) is 50.6 Å². The third-order valence-electron chi connectivity index (χ3n) is 14.9. The van der Waals surface area contributed by atoms with Gasteiger partial charge in [0.15, 0.2) is 70.8 Å². The standard InChI is InChI=1S/C43H56N20O25P4/c44-32-20-36(52-5-48-32)60(9-56-20)40-28(68)24(64)16(85-40)1-81-89(69,70)13-78-29-25(65)17(86-41(29)61-10-57-21-33(45)49-6-53-37(21)61)2-82-90(71,72)14-79-30-26(66)18(87-42(30)62-11-58-22-34(46)50-7-54-38(22)62)3-83-91(73,74)15-80-31-27(67)19(4-84-92(75,76)77)88-43(31)63-12-59-23-35(47)51-8-55-39(23)63/h5-12,16-19,24-31,40-43,64-68H,1-4,13-15H2,(H,69,70)(H,71,72)(H,73,74)(H2,44,48,52)(H2,45,49,53)(H2,46,50,54)(H2,47,51,55)(H2,75,76,77)/t16-,17-,18-,19-,24-,25+,26+,27+,28-,29-,30-,31-,40-,41-,42-,43-/m1/s1. The van der Waals surface area contributed by atoms with Crippen LogP contribution in [-0.2, 0) is 69.5 Å². The Morgan fingerprint density at radius 1 is 0.370 bits per heavy atom. The molecule has 0 radical (unpaired) electrons. The van der Waals surface area contributed by atoms with E-state index >= 15 is 0 Å². The van der Waals surface area contributed by atoms with Gasteiger partial charge in [0.2, 0.25) is 0 Å². The zero-order chi connectivity index (χ0) is 65.3. The van der Waals surface area contributed by atoms with Crippen molar-refractivity contribution in [1.29, 1.82) is 0 Å². The van der Waals surface area contributed by atoms with Crippen molar-refractivity contribution in [2.75, 3.05) is 68.4 Å².